The summed E-state index contributed by atoms with van der Waals surface area (Å²) < 4.78 is 1.91. The number of aromatic nitrogens is 1. The van der Waals surface area contributed by atoms with Crippen molar-refractivity contribution in [3.63, 3.8) is 0 Å². The van der Waals surface area contributed by atoms with E-state index in [0.717, 1.165) is 5.56 Å². The normalized spacial score (nSPS) is 11.9. The Morgan fingerprint density at radius 2 is 1.79 bits per heavy atom. The number of pyridine rings is 1. The molecule has 0 aliphatic heterocycles. The first-order valence-electron chi connectivity index (χ1n) is 6.46. The van der Waals surface area contributed by atoms with E-state index < -0.39 is 0 Å². The Labute approximate surface area is 113 Å². The van der Waals surface area contributed by atoms with Crippen molar-refractivity contribution in [1.29, 1.82) is 0 Å². The number of carbonyl (C=O) groups excluding carboxylic acids is 1. The van der Waals surface area contributed by atoms with Crippen LogP contribution in [-0.4, -0.2) is 5.91 Å². The molecule has 0 fully saturated rings. The fraction of sp³-hybridized carbons (Fsp3) is 0.250. The molecule has 2 rings (SSSR count). The average molecular weight is 255 g/mol. The minimum absolute atomic E-state index is 0.0257. The van der Waals surface area contributed by atoms with Gasteiger partial charge in [-0.05, 0) is 18.1 Å². The van der Waals surface area contributed by atoms with Crippen LogP contribution in [0, 0.1) is 6.92 Å². The molecule has 0 saturated heterocycles. The number of nitrogens with zero attached hydrogens (tertiary/aromatic N) is 1. The van der Waals surface area contributed by atoms with Crippen molar-refractivity contribution >= 4 is 5.91 Å². The minimum Gasteiger partial charge on any atom is -0.346 e. The second-order valence-electron chi connectivity index (χ2n) is 4.70. The summed E-state index contributed by atoms with van der Waals surface area (Å²) in [6, 6.07) is 13.7. The van der Waals surface area contributed by atoms with Gasteiger partial charge in [-0.3, -0.25) is 4.79 Å². The van der Waals surface area contributed by atoms with Crippen LogP contribution in [0.15, 0.2) is 54.9 Å². The molecule has 0 bridgehead atoms. The molecule has 3 nitrogen and oxygen atoms in total. The highest BCUT2D eigenvalue weighted by atomic mass is 16.2. The van der Waals surface area contributed by atoms with Crippen molar-refractivity contribution < 1.29 is 9.36 Å². The van der Waals surface area contributed by atoms with Gasteiger partial charge in [-0.2, -0.15) is 4.57 Å². The maximum atomic E-state index is 12.1. The van der Waals surface area contributed by atoms with E-state index in [4.69, 9.17) is 0 Å². The van der Waals surface area contributed by atoms with E-state index in [1.807, 2.05) is 73.3 Å². The molecule has 98 valence electrons. The fourth-order valence-corrected chi connectivity index (χ4v) is 1.84. The van der Waals surface area contributed by atoms with Crippen LogP contribution in [0.1, 0.15) is 24.1 Å². The Morgan fingerprint density at radius 3 is 2.42 bits per heavy atom. The van der Waals surface area contributed by atoms with Gasteiger partial charge in [-0.1, -0.05) is 30.3 Å². The summed E-state index contributed by atoms with van der Waals surface area (Å²) in [7, 11) is 0. The van der Waals surface area contributed by atoms with E-state index in [1.54, 1.807) is 0 Å². The summed E-state index contributed by atoms with van der Waals surface area (Å²) in [5.41, 5.74) is 2.30. The number of rotatable bonds is 4. The molecule has 0 radical (unpaired) electrons. The first-order valence-corrected chi connectivity index (χ1v) is 6.46. The standard InChI is InChI=1S/C16H18N2O/c1-13-8-10-18(11-9-13)14(2)16(19)17-12-15-6-4-3-5-7-15/h3-11,14H,12H2,1-2H3/p+1/t14-/m0/s1. The Kier molecular flexibility index (Phi) is 4.29. The fourth-order valence-electron chi connectivity index (χ4n) is 1.84. The van der Waals surface area contributed by atoms with Gasteiger partial charge in [-0.15, -0.1) is 0 Å². The van der Waals surface area contributed by atoms with Crippen LogP contribution in [0.4, 0.5) is 0 Å². The number of aryl methyl sites for hydroxylation is 1. The molecule has 0 aliphatic rings. The quantitative estimate of drug-likeness (QED) is 0.834. The van der Waals surface area contributed by atoms with E-state index in [-0.39, 0.29) is 11.9 Å². The molecule has 2 aromatic rings. The largest absolute Gasteiger partial charge is 0.346 e. The van der Waals surface area contributed by atoms with Gasteiger partial charge in [0.05, 0.1) is 0 Å². The zero-order chi connectivity index (χ0) is 13.7. The summed E-state index contributed by atoms with van der Waals surface area (Å²) in [5, 5.41) is 2.95. The Bertz CT molecular complexity index is 534. The third kappa shape index (κ3) is 3.65. The van der Waals surface area contributed by atoms with Crippen LogP contribution >= 0.6 is 0 Å². The van der Waals surface area contributed by atoms with Crippen LogP contribution in [0.5, 0.6) is 0 Å². The average Bonchev–Trinajstić information content (AvgIpc) is 2.46. The zero-order valence-corrected chi connectivity index (χ0v) is 11.3. The lowest BCUT2D eigenvalue weighted by Gasteiger charge is -2.08. The van der Waals surface area contributed by atoms with Crippen LogP contribution in [0.25, 0.3) is 0 Å². The second kappa shape index (κ2) is 6.14. The molecule has 1 amide bonds. The monoisotopic (exact) mass is 255 g/mol. The van der Waals surface area contributed by atoms with Crippen LogP contribution < -0.4 is 9.88 Å². The number of hydrogen-bond donors (Lipinski definition) is 1. The number of benzene rings is 1. The van der Waals surface area contributed by atoms with E-state index >= 15 is 0 Å². The van der Waals surface area contributed by atoms with E-state index in [1.165, 1.54) is 5.56 Å². The van der Waals surface area contributed by atoms with E-state index in [0.29, 0.717) is 6.54 Å². The van der Waals surface area contributed by atoms with Gasteiger partial charge in [0.25, 0.3) is 5.91 Å². The van der Waals surface area contributed by atoms with E-state index in [2.05, 4.69) is 5.32 Å². The van der Waals surface area contributed by atoms with Crippen molar-refractivity contribution in [2.75, 3.05) is 0 Å². The van der Waals surface area contributed by atoms with Crippen molar-refractivity contribution in [1.82, 2.24) is 5.32 Å². The number of amides is 1. The third-order valence-electron chi connectivity index (χ3n) is 3.16. The van der Waals surface area contributed by atoms with Crippen molar-refractivity contribution in [2.24, 2.45) is 0 Å². The van der Waals surface area contributed by atoms with E-state index in [9.17, 15) is 4.79 Å². The lowest BCUT2D eigenvalue weighted by atomic mass is 10.2. The smallest absolute Gasteiger partial charge is 0.289 e. The highest BCUT2D eigenvalue weighted by Crippen LogP contribution is 2.00. The first kappa shape index (κ1) is 13.3. The summed E-state index contributed by atoms with van der Waals surface area (Å²) in [6.45, 7) is 4.50. The van der Waals surface area contributed by atoms with Gasteiger partial charge in [0, 0.05) is 25.6 Å². The molecular formula is C16H19N2O+. The van der Waals surface area contributed by atoms with Gasteiger partial charge in [0.2, 0.25) is 6.04 Å². The van der Waals surface area contributed by atoms with Crippen LogP contribution in [0.3, 0.4) is 0 Å². The molecule has 3 heteroatoms. The molecule has 0 saturated carbocycles. The maximum absolute atomic E-state index is 12.1. The van der Waals surface area contributed by atoms with Crippen molar-refractivity contribution in [3.05, 3.63) is 66.0 Å². The molecule has 0 spiro atoms. The number of nitrogens with one attached hydrogen (secondary N) is 1. The molecule has 1 N–H and O–H groups in total. The summed E-state index contributed by atoms with van der Waals surface area (Å²) in [6.07, 6.45) is 3.87. The predicted octanol–water partition coefficient (Wildman–Crippen LogP) is 2.16. The molecule has 0 unspecified atom stereocenters. The van der Waals surface area contributed by atoms with Crippen molar-refractivity contribution in [3.8, 4) is 0 Å². The summed E-state index contributed by atoms with van der Waals surface area (Å²) in [4.78, 5) is 12.1. The zero-order valence-electron chi connectivity index (χ0n) is 11.3. The second-order valence-corrected chi connectivity index (χ2v) is 4.70. The molecule has 1 aromatic carbocycles. The van der Waals surface area contributed by atoms with Gasteiger partial charge in [0.1, 0.15) is 0 Å². The highest BCUT2D eigenvalue weighted by Gasteiger charge is 2.20. The summed E-state index contributed by atoms with van der Waals surface area (Å²) >= 11 is 0. The molecular weight excluding hydrogens is 236 g/mol. The topological polar surface area (TPSA) is 33.0 Å². The van der Waals surface area contributed by atoms with Gasteiger partial charge in [-0.25, -0.2) is 0 Å². The molecule has 0 aliphatic carbocycles. The summed E-state index contributed by atoms with van der Waals surface area (Å²) in [5.74, 6) is 0.0257. The number of hydrogen-bond acceptors (Lipinski definition) is 1. The lowest BCUT2D eigenvalue weighted by molar-refractivity contribution is -0.706. The Hall–Kier alpha value is -2.16. The third-order valence-corrected chi connectivity index (χ3v) is 3.16. The molecule has 1 heterocycles. The van der Waals surface area contributed by atoms with Crippen LogP contribution in [-0.2, 0) is 11.3 Å². The Morgan fingerprint density at radius 1 is 1.16 bits per heavy atom. The highest BCUT2D eigenvalue weighted by molar-refractivity contribution is 5.78. The minimum atomic E-state index is -0.204. The molecule has 1 aromatic heterocycles. The van der Waals surface area contributed by atoms with Crippen molar-refractivity contribution in [2.45, 2.75) is 26.4 Å². The lowest BCUT2D eigenvalue weighted by Crippen LogP contribution is -2.46. The van der Waals surface area contributed by atoms with Crippen LogP contribution in [0.2, 0.25) is 0 Å². The Balaban J connectivity index is 1.94. The van der Waals surface area contributed by atoms with Gasteiger partial charge in [0.15, 0.2) is 12.4 Å². The SMILES string of the molecule is Cc1cc[n+]([C@@H](C)C(=O)NCc2ccccc2)cc1. The molecule has 19 heavy (non-hydrogen) atoms. The molecule has 1 atom stereocenters. The number of carbonyl (C=O) groups is 1. The van der Waals surface area contributed by atoms with Gasteiger partial charge >= 0.3 is 0 Å². The predicted molar refractivity (Wildman–Crippen MR) is 74.4 cm³/mol. The van der Waals surface area contributed by atoms with Gasteiger partial charge < -0.3 is 5.32 Å². The maximum Gasteiger partial charge on any atom is 0.289 e. The first-order chi connectivity index (χ1) is 9.16.